The van der Waals surface area contributed by atoms with Crippen LogP contribution < -0.4 is 15.1 Å². The number of nitrogens with zero attached hydrogens (tertiary/aromatic N) is 2. The van der Waals surface area contributed by atoms with E-state index in [0.29, 0.717) is 5.37 Å². The molecule has 5 aromatic rings. The van der Waals surface area contributed by atoms with Crippen molar-refractivity contribution in [2.24, 2.45) is 5.73 Å². The summed E-state index contributed by atoms with van der Waals surface area (Å²) >= 11 is 7.48. The lowest BCUT2D eigenvalue weighted by Gasteiger charge is -2.34. The van der Waals surface area contributed by atoms with E-state index in [1.807, 2.05) is 34.9 Å². The van der Waals surface area contributed by atoms with Crippen LogP contribution in [0.5, 0.6) is 0 Å². The number of nitrogens with two attached hydrogens (primary N) is 1. The van der Waals surface area contributed by atoms with Crippen molar-refractivity contribution in [2.75, 3.05) is 31.6 Å². The molecule has 0 amide bonds. The Morgan fingerprint density at radius 2 is 1.80 bits per heavy atom. The fraction of sp³-hybridized carbons (Fsp3) is 0.243. The molecule has 0 bridgehead atoms. The van der Waals surface area contributed by atoms with Crippen LogP contribution in [-0.2, 0) is 0 Å². The first kappa shape index (κ1) is 29.9. The van der Waals surface area contributed by atoms with Crippen molar-refractivity contribution < 1.29 is 0 Å². The molecule has 0 spiro atoms. The van der Waals surface area contributed by atoms with Gasteiger partial charge < -0.3 is 10.6 Å². The smallest absolute Gasteiger partial charge is 0.164 e. The third-order valence-electron chi connectivity index (χ3n) is 8.85. The molecule has 4 heterocycles. The number of hydrogen-bond donors (Lipinski definition) is 1. The molecule has 7 rings (SSSR count). The summed E-state index contributed by atoms with van der Waals surface area (Å²) in [4.78, 5) is 5.19. The highest BCUT2D eigenvalue weighted by molar-refractivity contribution is 8.03. The average Bonchev–Trinajstić information content (AvgIpc) is 3.85. The number of likely N-dealkylation sites (N-methyl/N-ethyl adjacent to an activating group) is 1. The monoisotopic (exact) mass is 652 g/mol. The van der Waals surface area contributed by atoms with Crippen LogP contribution in [0.4, 0.5) is 11.4 Å². The Bertz CT molecular complexity index is 1840. The zero-order valence-corrected chi connectivity index (χ0v) is 28.5. The summed E-state index contributed by atoms with van der Waals surface area (Å²) in [6.45, 7) is 5.07. The van der Waals surface area contributed by atoms with Gasteiger partial charge >= 0.3 is 0 Å². The maximum Gasteiger partial charge on any atom is 0.164 e. The van der Waals surface area contributed by atoms with E-state index in [1.165, 1.54) is 71.4 Å². The number of rotatable bonds is 10. The molecule has 2 N–H and O–H groups in total. The standard InChI is InChI=1S/C37H38N3S4/c1-3-39-31-23-27(29-17-21-41-25-29)13-15-33(31)43-35(39)11-8-12-36-40(2,20-6-4-5-19-38)32-24-28(14-16-34(32)44-36)30-10-7-9-26-18-22-42-37(26)30/h7-18,21-25,36H,3-6,19-20,38H2,1-2H3/q+1/b12-8?,35-11-. The summed E-state index contributed by atoms with van der Waals surface area (Å²) in [5, 5.41) is 9.53. The van der Waals surface area contributed by atoms with Crippen LogP contribution in [0.15, 0.2) is 116 Å². The van der Waals surface area contributed by atoms with E-state index in [-0.39, 0.29) is 0 Å². The van der Waals surface area contributed by atoms with E-state index >= 15 is 0 Å². The van der Waals surface area contributed by atoms with Gasteiger partial charge in [-0.3, -0.25) is 4.48 Å². The summed E-state index contributed by atoms with van der Waals surface area (Å²) in [6, 6.07) is 25.2. The molecule has 0 saturated heterocycles. The quantitative estimate of drug-likeness (QED) is 0.120. The molecule has 44 heavy (non-hydrogen) atoms. The lowest BCUT2D eigenvalue weighted by Crippen LogP contribution is -2.49. The van der Waals surface area contributed by atoms with Gasteiger partial charge in [0.15, 0.2) is 5.37 Å². The summed E-state index contributed by atoms with van der Waals surface area (Å²) in [5.41, 5.74) is 13.9. The van der Waals surface area contributed by atoms with Crippen LogP contribution in [0, 0.1) is 0 Å². The number of thiophene rings is 2. The van der Waals surface area contributed by atoms with Crippen LogP contribution in [0.2, 0.25) is 0 Å². The fourth-order valence-electron chi connectivity index (χ4n) is 6.42. The van der Waals surface area contributed by atoms with E-state index in [0.717, 1.165) is 30.5 Å². The SMILES string of the molecule is CCN1/C(=C/C=CC2Sc3ccc(-c4cccc5ccsc45)cc3[N+]2(C)CCCCCN)Sc2ccc(-c3ccsc3)cc21. The number of fused-ring (bicyclic) bond motifs is 3. The second kappa shape index (κ2) is 12.9. The van der Waals surface area contributed by atoms with Crippen LogP contribution in [-0.4, -0.2) is 32.1 Å². The number of anilines is 1. The number of benzene rings is 3. The van der Waals surface area contributed by atoms with Crippen molar-refractivity contribution in [1.29, 1.82) is 0 Å². The third kappa shape index (κ3) is 5.59. The Hall–Kier alpha value is -2.78. The molecule has 2 aromatic heterocycles. The molecule has 0 saturated carbocycles. The van der Waals surface area contributed by atoms with Gasteiger partial charge in [-0.2, -0.15) is 11.3 Å². The Kier molecular flexibility index (Phi) is 8.78. The van der Waals surface area contributed by atoms with Gasteiger partial charge in [0.1, 0.15) is 5.69 Å². The van der Waals surface area contributed by atoms with E-state index in [1.54, 1.807) is 11.3 Å². The molecule has 3 nitrogen and oxygen atoms in total. The van der Waals surface area contributed by atoms with Crippen LogP contribution in [0.25, 0.3) is 32.3 Å². The molecule has 2 atom stereocenters. The van der Waals surface area contributed by atoms with E-state index in [9.17, 15) is 0 Å². The summed E-state index contributed by atoms with van der Waals surface area (Å²) < 4.78 is 2.28. The van der Waals surface area contributed by atoms with Gasteiger partial charge in [-0.1, -0.05) is 59.9 Å². The number of thioether (sulfide) groups is 2. The molecule has 2 aliphatic rings. The minimum atomic E-state index is 0.321. The van der Waals surface area contributed by atoms with E-state index in [4.69, 9.17) is 5.73 Å². The molecular formula is C37H38N3S4+. The van der Waals surface area contributed by atoms with Gasteiger partial charge in [0, 0.05) is 22.2 Å². The lowest BCUT2D eigenvalue weighted by atomic mass is 10.0. The third-order valence-corrected chi connectivity index (χ3v) is 13.1. The second-order valence-corrected chi connectivity index (χ2v) is 15.5. The molecule has 0 aliphatic carbocycles. The van der Waals surface area contributed by atoms with Crippen molar-refractivity contribution in [3.8, 4) is 22.3 Å². The number of allylic oxidation sites excluding steroid dienone is 2. The highest BCUT2D eigenvalue weighted by atomic mass is 32.2. The predicted molar refractivity (Wildman–Crippen MR) is 198 cm³/mol. The number of hydrogen-bond acceptors (Lipinski definition) is 6. The van der Waals surface area contributed by atoms with Gasteiger partial charge in [-0.05, 0) is 119 Å². The van der Waals surface area contributed by atoms with Crippen molar-refractivity contribution in [1.82, 2.24) is 4.48 Å². The van der Waals surface area contributed by atoms with Crippen molar-refractivity contribution in [3.05, 3.63) is 106 Å². The van der Waals surface area contributed by atoms with Crippen molar-refractivity contribution in [3.63, 3.8) is 0 Å². The van der Waals surface area contributed by atoms with Crippen molar-refractivity contribution >= 4 is 67.7 Å². The molecule has 2 aliphatic heterocycles. The normalized spacial score (nSPS) is 20.3. The molecule has 0 radical (unpaired) electrons. The summed E-state index contributed by atoms with van der Waals surface area (Å²) in [6.07, 6.45) is 10.5. The molecule has 0 fully saturated rings. The van der Waals surface area contributed by atoms with Gasteiger partial charge in [-0.15, -0.1) is 11.3 Å². The van der Waals surface area contributed by atoms with Crippen LogP contribution in [0.1, 0.15) is 26.2 Å². The summed E-state index contributed by atoms with van der Waals surface area (Å²) in [5.74, 6) is 0. The molecule has 7 heteroatoms. The maximum atomic E-state index is 5.86. The Labute approximate surface area is 277 Å². The first-order chi connectivity index (χ1) is 21.6. The molecular weight excluding hydrogens is 615 g/mol. The highest BCUT2D eigenvalue weighted by Gasteiger charge is 2.42. The van der Waals surface area contributed by atoms with Gasteiger partial charge in [0.05, 0.1) is 29.2 Å². The van der Waals surface area contributed by atoms with E-state index in [2.05, 4.69) is 120 Å². The number of unbranched alkanes of at least 4 members (excludes halogenated alkanes) is 2. The van der Waals surface area contributed by atoms with Gasteiger partial charge in [0.25, 0.3) is 0 Å². The second-order valence-electron chi connectivity index (χ2n) is 11.6. The Morgan fingerprint density at radius 3 is 2.64 bits per heavy atom. The lowest BCUT2D eigenvalue weighted by molar-refractivity contribution is 0.335. The average molecular weight is 653 g/mol. The zero-order chi connectivity index (χ0) is 30.1. The fourth-order valence-corrected chi connectivity index (χ4v) is 10.6. The van der Waals surface area contributed by atoms with E-state index < -0.39 is 0 Å². The molecule has 3 aromatic carbocycles. The first-order valence-electron chi connectivity index (χ1n) is 15.4. The van der Waals surface area contributed by atoms with Gasteiger partial charge in [0.2, 0.25) is 0 Å². The molecule has 224 valence electrons. The minimum absolute atomic E-state index is 0.321. The van der Waals surface area contributed by atoms with Crippen molar-refractivity contribution in [2.45, 2.75) is 41.4 Å². The highest BCUT2D eigenvalue weighted by Crippen LogP contribution is 2.51. The maximum absolute atomic E-state index is 5.86. The Balaban J connectivity index is 1.17. The predicted octanol–water partition coefficient (Wildman–Crippen LogP) is 10.8. The molecule has 2 unspecified atom stereocenters. The topological polar surface area (TPSA) is 29.3 Å². The van der Waals surface area contributed by atoms with Gasteiger partial charge in [-0.25, -0.2) is 0 Å². The first-order valence-corrected chi connectivity index (χ1v) is 18.9. The number of quaternary nitrogens is 1. The summed E-state index contributed by atoms with van der Waals surface area (Å²) in [7, 11) is 2.43. The minimum Gasteiger partial charge on any atom is -0.335 e. The largest absolute Gasteiger partial charge is 0.335 e. The van der Waals surface area contributed by atoms with Crippen LogP contribution >= 0.6 is 46.2 Å². The Morgan fingerprint density at radius 1 is 0.909 bits per heavy atom. The zero-order valence-electron chi connectivity index (χ0n) is 25.2. The van der Waals surface area contributed by atoms with Crippen LogP contribution in [0.3, 0.4) is 0 Å².